The number of anilines is 1. The number of amides is 2. The molecule has 1 aliphatic rings. The summed E-state index contributed by atoms with van der Waals surface area (Å²) in [5.41, 5.74) is 2.78. The van der Waals surface area contributed by atoms with Crippen molar-refractivity contribution in [3.05, 3.63) is 59.7 Å². The number of hydrogen-bond acceptors (Lipinski definition) is 5. The summed E-state index contributed by atoms with van der Waals surface area (Å²) >= 11 is 0. The van der Waals surface area contributed by atoms with E-state index in [0.29, 0.717) is 18.0 Å². The zero-order valence-electron chi connectivity index (χ0n) is 16.6. The van der Waals surface area contributed by atoms with Crippen molar-refractivity contribution in [1.82, 2.24) is 4.90 Å². The minimum atomic E-state index is -0.529. The van der Waals surface area contributed by atoms with Gasteiger partial charge in [0.25, 0.3) is 11.8 Å². The number of carbonyl (C=O) groups excluding carboxylic acids is 3. The lowest BCUT2D eigenvalue weighted by Crippen LogP contribution is -2.40. The van der Waals surface area contributed by atoms with E-state index in [2.05, 4.69) is 0 Å². The van der Waals surface area contributed by atoms with Crippen LogP contribution >= 0.6 is 0 Å². The minimum absolute atomic E-state index is 0.00493. The maximum Gasteiger partial charge on any atom is 0.308 e. The standard InChI is InChI=1S/C22H24N2O5/c1-16-7-9-17(10-8-16)13-23(2)20(25)14-29-22(27)11-12-24-18-5-3-4-6-19(18)28-15-21(24)26/h3-10H,11-15H2,1-2H3. The maximum atomic E-state index is 12.2. The molecule has 0 spiro atoms. The average molecular weight is 396 g/mol. The monoisotopic (exact) mass is 396 g/mol. The lowest BCUT2D eigenvalue weighted by Gasteiger charge is -2.29. The predicted molar refractivity (Wildman–Crippen MR) is 108 cm³/mol. The first-order valence-electron chi connectivity index (χ1n) is 9.41. The molecule has 0 aliphatic carbocycles. The molecular weight excluding hydrogens is 372 g/mol. The molecular formula is C22H24N2O5. The summed E-state index contributed by atoms with van der Waals surface area (Å²) in [6.07, 6.45) is -0.00493. The molecule has 2 amide bonds. The van der Waals surface area contributed by atoms with Gasteiger partial charge in [0.15, 0.2) is 13.2 Å². The number of esters is 1. The number of ether oxygens (including phenoxy) is 2. The summed E-state index contributed by atoms with van der Waals surface area (Å²) < 4.78 is 10.5. The molecule has 0 fully saturated rings. The van der Waals surface area contributed by atoms with Crippen LogP contribution in [0.15, 0.2) is 48.5 Å². The second kappa shape index (κ2) is 9.23. The first-order chi connectivity index (χ1) is 13.9. The molecule has 0 atom stereocenters. The van der Waals surface area contributed by atoms with Crippen molar-refractivity contribution in [3.8, 4) is 5.75 Å². The summed E-state index contributed by atoms with van der Waals surface area (Å²) in [5.74, 6) is -0.427. The van der Waals surface area contributed by atoms with E-state index < -0.39 is 5.97 Å². The molecule has 7 heteroatoms. The van der Waals surface area contributed by atoms with E-state index in [0.717, 1.165) is 11.1 Å². The minimum Gasteiger partial charge on any atom is -0.482 e. The van der Waals surface area contributed by atoms with Gasteiger partial charge in [-0.3, -0.25) is 14.4 Å². The van der Waals surface area contributed by atoms with Crippen molar-refractivity contribution in [2.24, 2.45) is 0 Å². The number of aryl methyl sites for hydroxylation is 1. The van der Waals surface area contributed by atoms with Crippen LogP contribution in [0.5, 0.6) is 5.75 Å². The van der Waals surface area contributed by atoms with Gasteiger partial charge in [-0.25, -0.2) is 0 Å². The van der Waals surface area contributed by atoms with Crippen molar-refractivity contribution in [3.63, 3.8) is 0 Å². The van der Waals surface area contributed by atoms with Crippen LogP contribution < -0.4 is 9.64 Å². The smallest absolute Gasteiger partial charge is 0.308 e. The van der Waals surface area contributed by atoms with Gasteiger partial charge in [0.05, 0.1) is 12.1 Å². The molecule has 0 saturated heterocycles. The van der Waals surface area contributed by atoms with E-state index in [1.807, 2.05) is 37.3 Å². The normalized spacial score (nSPS) is 12.8. The molecule has 2 aromatic rings. The summed E-state index contributed by atoms with van der Waals surface area (Å²) in [5, 5.41) is 0. The van der Waals surface area contributed by atoms with Crippen LogP contribution in [0.1, 0.15) is 17.5 Å². The van der Waals surface area contributed by atoms with E-state index in [-0.39, 0.29) is 38.0 Å². The Kier molecular flexibility index (Phi) is 6.49. The fourth-order valence-electron chi connectivity index (χ4n) is 2.98. The van der Waals surface area contributed by atoms with E-state index in [9.17, 15) is 14.4 Å². The summed E-state index contributed by atoms with van der Waals surface area (Å²) in [6.45, 7) is 2.23. The van der Waals surface area contributed by atoms with Crippen LogP contribution in [0.2, 0.25) is 0 Å². The number of para-hydroxylation sites is 2. The van der Waals surface area contributed by atoms with Gasteiger partial charge in [0.1, 0.15) is 5.75 Å². The Labute approximate surface area is 169 Å². The van der Waals surface area contributed by atoms with Crippen LogP contribution in [0.25, 0.3) is 0 Å². The molecule has 0 radical (unpaired) electrons. The van der Waals surface area contributed by atoms with Crippen LogP contribution in [-0.4, -0.2) is 49.5 Å². The molecule has 0 unspecified atom stereocenters. The quantitative estimate of drug-likeness (QED) is 0.672. The van der Waals surface area contributed by atoms with Crippen LogP contribution in [0.3, 0.4) is 0 Å². The highest BCUT2D eigenvalue weighted by Crippen LogP contribution is 2.31. The predicted octanol–water partition coefficient (Wildman–Crippen LogP) is 2.31. The molecule has 1 aliphatic heterocycles. The third kappa shape index (κ3) is 5.34. The summed E-state index contributed by atoms with van der Waals surface area (Å²) in [4.78, 5) is 39.4. The Bertz CT molecular complexity index is 894. The molecule has 152 valence electrons. The van der Waals surface area contributed by atoms with Gasteiger partial charge in [0.2, 0.25) is 0 Å². The van der Waals surface area contributed by atoms with Gasteiger partial charge in [-0.2, -0.15) is 0 Å². The van der Waals surface area contributed by atoms with Crippen LogP contribution in [0, 0.1) is 6.92 Å². The van der Waals surface area contributed by atoms with E-state index in [4.69, 9.17) is 9.47 Å². The zero-order chi connectivity index (χ0) is 20.8. The van der Waals surface area contributed by atoms with Crippen LogP contribution in [-0.2, 0) is 25.7 Å². The van der Waals surface area contributed by atoms with E-state index in [1.165, 1.54) is 9.80 Å². The Morgan fingerprint density at radius 3 is 2.62 bits per heavy atom. The van der Waals surface area contributed by atoms with Crippen molar-refractivity contribution in [2.75, 3.05) is 31.7 Å². The van der Waals surface area contributed by atoms with E-state index >= 15 is 0 Å². The highest BCUT2D eigenvalue weighted by Gasteiger charge is 2.25. The molecule has 0 bridgehead atoms. The number of rotatable bonds is 7. The lowest BCUT2D eigenvalue weighted by molar-refractivity contribution is -0.151. The number of benzene rings is 2. The third-order valence-corrected chi connectivity index (χ3v) is 4.67. The first-order valence-corrected chi connectivity index (χ1v) is 9.41. The highest BCUT2D eigenvalue weighted by molar-refractivity contribution is 5.98. The van der Waals surface area contributed by atoms with Crippen molar-refractivity contribution in [1.29, 1.82) is 0 Å². The second-order valence-electron chi connectivity index (χ2n) is 6.95. The number of nitrogens with zero attached hydrogens (tertiary/aromatic N) is 2. The second-order valence-corrected chi connectivity index (χ2v) is 6.95. The SMILES string of the molecule is Cc1ccc(CN(C)C(=O)COC(=O)CCN2C(=O)COc3ccccc32)cc1. The van der Waals surface area contributed by atoms with E-state index in [1.54, 1.807) is 25.2 Å². The number of likely N-dealkylation sites (N-methyl/N-ethyl adjacent to an activating group) is 1. The van der Waals surface area contributed by atoms with Gasteiger partial charge >= 0.3 is 5.97 Å². The number of fused-ring (bicyclic) bond motifs is 1. The molecule has 0 N–H and O–H groups in total. The first kappa shape index (κ1) is 20.4. The van der Waals surface area contributed by atoms with Crippen molar-refractivity contribution in [2.45, 2.75) is 19.9 Å². The summed E-state index contributed by atoms with van der Waals surface area (Å²) in [7, 11) is 1.67. The molecule has 0 saturated carbocycles. The lowest BCUT2D eigenvalue weighted by atomic mass is 10.1. The van der Waals surface area contributed by atoms with Crippen LogP contribution in [0.4, 0.5) is 5.69 Å². The Balaban J connectivity index is 1.45. The topological polar surface area (TPSA) is 76.2 Å². The van der Waals surface area contributed by atoms with Gasteiger partial charge in [-0.05, 0) is 24.6 Å². The molecule has 0 aromatic heterocycles. The summed E-state index contributed by atoms with van der Waals surface area (Å²) in [6, 6.07) is 15.0. The molecule has 3 rings (SSSR count). The van der Waals surface area contributed by atoms with Crippen molar-refractivity contribution < 1.29 is 23.9 Å². The molecule has 29 heavy (non-hydrogen) atoms. The number of carbonyl (C=O) groups is 3. The molecule has 2 aromatic carbocycles. The van der Waals surface area contributed by atoms with Gasteiger partial charge in [0, 0.05) is 20.1 Å². The zero-order valence-corrected chi connectivity index (χ0v) is 16.6. The molecule has 7 nitrogen and oxygen atoms in total. The maximum absolute atomic E-state index is 12.2. The van der Waals surface area contributed by atoms with Crippen molar-refractivity contribution >= 4 is 23.5 Å². The van der Waals surface area contributed by atoms with Gasteiger partial charge < -0.3 is 19.3 Å². The van der Waals surface area contributed by atoms with Gasteiger partial charge in [-0.1, -0.05) is 42.0 Å². The highest BCUT2D eigenvalue weighted by atomic mass is 16.5. The third-order valence-electron chi connectivity index (χ3n) is 4.67. The largest absolute Gasteiger partial charge is 0.482 e. The average Bonchev–Trinajstić information content (AvgIpc) is 2.72. The van der Waals surface area contributed by atoms with Gasteiger partial charge in [-0.15, -0.1) is 0 Å². The Morgan fingerprint density at radius 1 is 1.14 bits per heavy atom. The Morgan fingerprint density at radius 2 is 1.86 bits per heavy atom. The molecule has 1 heterocycles. The fourth-order valence-corrected chi connectivity index (χ4v) is 2.98. The Hall–Kier alpha value is -3.35. The number of hydrogen-bond donors (Lipinski definition) is 0. The fraction of sp³-hybridized carbons (Fsp3) is 0.318.